The van der Waals surface area contributed by atoms with E-state index in [9.17, 15) is 0 Å². The molecule has 0 nitrogen and oxygen atoms in total. The van der Waals surface area contributed by atoms with Crippen LogP contribution in [0.5, 0.6) is 0 Å². The average Bonchev–Trinajstić information content (AvgIpc) is 2.52. The summed E-state index contributed by atoms with van der Waals surface area (Å²) < 4.78 is 0. The Morgan fingerprint density at radius 3 is 2.29 bits per heavy atom. The van der Waals surface area contributed by atoms with E-state index in [4.69, 9.17) is 0 Å². The summed E-state index contributed by atoms with van der Waals surface area (Å²) >= 11 is 0. The monoisotopic (exact) mass is 330 g/mol. The molecular formula is C24H42. The maximum atomic E-state index is 4.18. The van der Waals surface area contributed by atoms with Gasteiger partial charge in [0.2, 0.25) is 0 Å². The number of allylic oxidation sites excluding steroid dienone is 5. The first-order chi connectivity index (χ1) is 11.3. The van der Waals surface area contributed by atoms with Gasteiger partial charge in [0, 0.05) is 0 Å². The highest BCUT2D eigenvalue weighted by atomic mass is 14.2. The van der Waals surface area contributed by atoms with Crippen LogP contribution < -0.4 is 0 Å². The van der Waals surface area contributed by atoms with Crippen LogP contribution in [0.1, 0.15) is 85.5 Å². The summed E-state index contributed by atoms with van der Waals surface area (Å²) in [6, 6.07) is 0. The minimum absolute atomic E-state index is 0.271. The smallest absolute Gasteiger partial charge is 0.0196 e. The van der Waals surface area contributed by atoms with Gasteiger partial charge >= 0.3 is 0 Å². The highest BCUT2D eigenvalue weighted by Gasteiger charge is 2.14. The molecule has 0 amide bonds. The lowest BCUT2D eigenvalue weighted by atomic mass is 9.85. The lowest BCUT2D eigenvalue weighted by Gasteiger charge is -2.21. The highest BCUT2D eigenvalue weighted by Crippen LogP contribution is 2.27. The van der Waals surface area contributed by atoms with Gasteiger partial charge in [-0.2, -0.15) is 0 Å². The van der Waals surface area contributed by atoms with E-state index in [0.717, 1.165) is 25.2 Å². The summed E-state index contributed by atoms with van der Waals surface area (Å²) in [6.45, 7) is 21.1. The first kappa shape index (κ1) is 23.0. The van der Waals surface area contributed by atoms with Crippen LogP contribution in [-0.4, -0.2) is 0 Å². The van der Waals surface area contributed by atoms with Gasteiger partial charge in [-0.3, -0.25) is 0 Å². The van der Waals surface area contributed by atoms with Gasteiger partial charge in [-0.1, -0.05) is 83.4 Å². The Morgan fingerprint density at radius 2 is 1.75 bits per heavy atom. The summed E-state index contributed by atoms with van der Waals surface area (Å²) in [7, 11) is 0. The van der Waals surface area contributed by atoms with Gasteiger partial charge in [-0.25, -0.2) is 0 Å². The molecule has 138 valence electrons. The van der Waals surface area contributed by atoms with Crippen molar-refractivity contribution in [3.05, 3.63) is 49.6 Å². The van der Waals surface area contributed by atoms with Crippen LogP contribution in [0.2, 0.25) is 0 Å². The molecule has 2 atom stereocenters. The maximum absolute atomic E-state index is 4.18. The third-order valence-corrected chi connectivity index (χ3v) is 4.65. The Balaban J connectivity index is 4.25. The van der Waals surface area contributed by atoms with Crippen molar-refractivity contribution >= 4 is 0 Å². The lowest BCUT2D eigenvalue weighted by molar-refractivity contribution is 0.368. The Bertz CT molecular complexity index is 377. The summed E-state index contributed by atoms with van der Waals surface area (Å²) in [6.07, 6.45) is 19.9. The van der Waals surface area contributed by atoms with E-state index in [1.807, 2.05) is 6.08 Å². The van der Waals surface area contributed by atoms with Crippen LogP contribution >= 0.6 is 0 Å². The molecule has 1 unspecified atom stereocenters. The number of rotatable bonds is 14. The van der Waals surface area contributed by atoms with E-state index in [1.54, 1.807) is 0 Å². The highest BCUT2D eigenvalue weighted by molar-refractivity contribution is 4.98. The molecule has 24 heavy (non-hydrogen) atoms. The Kier molecular flexibility index (Phi) is 12.7. The molecule has 0 fully saturated rings. The fourth-order valence-electron chi connectivity index (χ4n) is 3.05. The lowest BCUT2D eigenvalue weighted by Crippen LogP contribution is -2.08. The van der Waals surface area contributed by atoms with Gasteiger partial charge < -0.3 is 0 Å². The molecule has 0 radical (unpaired) electrons. The van der Waals surface area contributed by atoms with Gasteiger partial charge in [0.25, 0.3) is 0 Å². The van der Waals surface area contributed by atoms with Crippen LogP contribution in [0.15, 0.2) is 49.6 Å². The molecular weight excluding hydrogens is 288 g/mol. The Hall–Kier alpha value is -1.04. The standard InChI is InChI=1S/C24H42/c1-8-11-15-21(4)16-12-13-17-22(10-3)20-23(14-9-2)18-19-24(5,6)7/h8-9,18-19,22-23H,1-2,4,10-17,20H2,3,5-7H3/b19-18+/t22?,23-/m0/s1. The SMILES string of the molecule is C=CCCC(=C)CCCCC(CC)C[C@H](/C=C/C(C)(C)C)CC=C. The summed E-state index contributed by atoms with van der Waals surface area (Å²) in [5.74, 6) is 1.48. The summed E-state index contributed by atoms with van der Waals surface area (Å²) in [4.78, 5) is 0. The molecule has 0 aromatic carbocycles. The second-order valence-electron chi connectivity index (χ2n) is 8.34. The van der Waals surface area contributed by atoms with Crippen molar-refractivity contribution in [2.24, 2.45) is 17.3 Å². The van der Waals surface area contributed by atoms with Crippen LogP contribution in [0.25, 0.3) is 0 Å². The molecule has 0 aliphatic heterocycles. The van der Waals surface area contributed by atoms with Crippen molar-refractivity contribution in [3.63, 3.8) is 0 Å². The second-order valence-corrected chi connectivity index (χ2v) is 8.34. The zero-order chi connectivity index (χ0) is 18.4. The van der Waals surface area contributed by atoms with Gasteiger partial charge in [0.15, 0.2) is 0 Å². The minimum Gasteiger partial charge on any atom is -0.103 e. The summed E-state index contributed by atoms with van der Waals surface area (Å²) in [5, 5.41) is 0. The number of hydrogen-bond donors (Lipinski definition) is 0. The molecule has 0 heteroatoms. The van der Waals surface area contributed by atoms with Crippen molar-refractivity contribution in [2.45, 2.75) is 85.5 Å². The van der Waals surface area contributed by atoms with Gasteiger partial charge in [-0.15, -0.1) is 13.2 Å². The third kappa shape index (κ3) is 13.4. The molecule has 0 aromatic heterocycles. The van der Waals surface area contributed by atoms with Crippen LogP contribution in [0.3, 0.4) is 0 Å². The van der Waals surface area contributed by atoms with Gasteiger partial charge in [0.1, 0.15) is 0 Å². The fourth-order valence-corrected chi connectivity index (χ4v) is 3.05. The number of hydrogen-bond acceptors (Lipinski definition) is 0. The van der Waals surface area contributed by atoms with Gasteiger partial charge in [-0.05, 0) is 55.8 Å². The molecule has 0 N–H and O–H groups in total. The van der Waals surface area contributed by atoms with Crippen molar-refractivity contribution < 1.29 is 0 Å². The predicted molar refractivity (Wildman–Crippen MR) is 112 cm³/mol. The van der Waals surface area contributed by atoms with Crippen LogP contribution in [0, 0.1) is 17.3 Å². The first-order valence-electron chi connectivity index (χ1n) is 9.90. The second kappa shape index (κ2) is 13.3. The topological polar surface area (TPSA) is 0 Å². The van der Waals surface area contributed by atoms with E-state index in [2.05, 4.69) is 65.7 Å². The van der Waals surface area contributed by atoms with Crippen molar-refractivity contribution in [2.75, 3.05) is 0 Å². The van der Waals surface area contributed by atoms with Crippen molar-refractivity contribution in [1.29, 1.82) is 0 Å². The Labute approximate surface area is 152 Å². The largest absolute Gasteiger partial charge is 0.103 e. The first-order valence-corrected chi connectivity index (χ1v) is 9.90. The van der Waals surface area contributed by atoms with E-state index >= 15 is 0 Å². The van der Waals surface area contributed by atoms with E-state index in [-0.39, 0.29) is 5.41 Å². The van der Waals surface area contributed by atoms with Crippen molar-refractivity contribution in [3.8, 4) is 0 Å². The zero-order valence-corrected chi connectivity index (χ0v) is 16.9. The minimum atomic E-state index is 0.271. The molecule has 0 bridgehead atoms. The van der Waals surface area contributed by atoms with Crippen LogP contribution in [0.4, 0.5) is 0 Å². The quantitative estimate of drug-likeness (QED) is 0.222. The van der Waals surface area contributed by atoms with Crippen LogP contribution in [-0.2, 0) is 0 Å². The molecule has 0 heterocycles. The maximum Gasteiger partial charge on any atom is -0.0196 e. The average molecular weight is 331 g/mol. The molecule has 0 saturated carbocycles. The zero-order valence-electron chi connectivity index (χ0n) is 16.9. The molecule has 0 aliphatic rings. The molecule has 0 aliphatic carbocycles. The molecule has 0 rings (SSSR count). The van der Waals surface area contributed by atoms with E-state index in [1.165, 1.54) is 44.1 Å². The normalized spacial score (nSPS) is 14.5. The van der Waals surface area contributed by atoms with Gasteiger partial charge in [0.05, 0.1) is 0 Å². The van der Waals surface area contributed by atoms with E-state index < -0.39 is 0 Å². The number of unbranched alkanes of at least 4 members (excludes halogenated alkanes) is 1. The Morgan fingerprint density at radius 1 is 1.04 bits per heavy atom. The van der Waals surface area contributed by atoms with E-state index in [0.29, 0.717) is 5.92 Å². The molecule has 0 spiro atoms. The fraction of sp³-hybridized carbons (Fsp3) is 0.667. The molecule has 0 aromatic rings. The van der Waals surface area contributed by atoms with Crippen molar-refractivity contribution in [1.82, 2.24) is 0 Å². The molecule has 0 saturated heterocycles. The summed E-state index contributed by atoms with van der Waals surface area (Å²) in [5.41, 5.74) is 1.66. The third-order valence-electron chi connectivity index (χ3n) is 4.65. The predicted octanol–water partition coefficient (Wildman–Crippen LogP) is 8.28.